The molecule has 0 atom stereocenters. The maximum absolute atomic E-state index is 9.03. The Bertz CT molecular complexity index is 625. The Hall–Kier alpha value is -1.11. The average molecular weight is 358 g/mol. The fourth-order valence-electron chi connectivity index (χ4n) is 2.77. The highest BCUT2D eigenvalue weighted by atomic mass is 32.2. The van der Waals surface area contributed by atoms with Crippen LogP contribution in [-0.4, -0.2) is 11.5 Å². The highest BCUT2D eigenvalue weighted by Gasteiger charge is 2.34. The maximum atomic E-state index is 9.03. The summed E-state index contributed by atoms with van der Waals surface area (Å²) in [6.45, 7) is 6.58. The van der Waals surface area contributed by atoms with Gasteiger partial charge in [-0.25, -0.2) is 0 Å². The van der Waals surface area contributed by atoms with Crippen LogP contribution in [0.15, 0.2) is 47.6 Å². The summed E-state index contributed by atoms with van der Waals surface area (Å²) in [5.41, 5.74) is 4.97. The molecule has 0 radical (unpaired) electrons. The molecule has 128 valence electrons. The molecule has 1 fully saturated rings. The van der Waals surface area contributed by atoms with Gasteiger partial charge in [-0.05, 0) is 75.7 Å². The second-order valence-electron chi connectivity index (χ2n) is 6.57. The van der Waals surface area contributed by atoms with Crippen LogP contribution >= 0.6 is 23.5 Å². The molecule has 2 rings (SSSR count). The summed E-state index contributed by atoms with van der Waals surface area (Å²) in [5.74, 6) is 2.44. The van der Waals surface area contributed by atoms with Gasteiger partial charge in [0.2, 0.25) is 0 Å². The van der Waals surface area contributed by atoms with Crippen molar-refractivity contribution < 1.29 is 0 Å². The molecule has 1 heterocycles. The minimum atomic E-state index is 0.115. The Morgan fingerprint density at radius 3 is 2.38 bits per heavy atom. The van der Waals surface area contributed by atoms with Gasteiger partial charge >= 0.3 is 0 Å². The van der Waals surface area contributed by atoms with E-state index in [0.717, 1.165) is 24.8 Å². The summed E-state index contributed by atoms with van der Waals surface area (Å²) in [7, 11) is 0. The van der Waals surface area contributed by atoms with E-state index in [1.54, 1.807) is 0 Å². The first kappa shape index (κ1) is 19.2. The van der Waals surface area contributed by atoms with Gasteiger partial charge in [0.1, 0.15) is 0 Å². The van der Waals surface area contributed by atoms with Crippen LogP contribution in [0.4, 0.5) is 0 Å². The first-order valence-corrected chi connectivity index (χ1v) is 10.6. The fourth-order valence-corrected chi connectivity index (χ4v) is 6.04. The molecule has 1 aliphatic rings. The number of thioether (sulfide) groups is 2. The number of hydrogen-bond donors (Lipinski definition) is 0. The summed E-state index contributed by atoms with van der Waals surface area (Å²) < 4.78 is 0.115. The van der Waals surface area contributed by atoms with Gasteiger partial charge in [0.25, 0.3) is 0 Å². The molecule has 0 bridgehead atoms. The van der Waals surface area contributed by atoms with Gasteiger partial charge in [0.05, 0.1) is 15.7 Å². The molecule has 1 aromatic carbocycles. The summed E-state index contributed by atoms with van der Waals surface area (Å²) in [5, 5.41) is 9.03. The largest absolute Gasteiger partial charge is 0.192 e. The second kappa shape index (κ2) is 9.39. The molecule has 1 nitrogen and oxygen atoms in total. The van der Waals surface area contributed by atoms with E-state index in [1.165, 1.54) is 34.6 Å². The predicted octanol–water partition coefficient (Wildman–Crippen LogP) is 6.66. The van der Waals surface area contributed by atoms with E-state index >= 15 is 0 Å². The molecule has 1 saturated heterocycles. The van der Waals surface area contributed by atoms with Crippen LogP contribution < -0.4 is 0 Å². The molecule has 0 aromatic heterocycles. The van der Waals surface area contributed by atoms with E-state index in [1.807, 2.05) is 12.1 Å². The lowest BCUT2D eigenvalue weighted by Gasteiger charge is -2.36. The predicted molar refractivity (Wildman–Crippen MR) is 109 cm³/mol. The van der Waals surface area contributed by atoms with Crippen LogP contribution in [0.3, 0.4) is 0 Å². The van der Waals surface area contributed by atoms with Crippen molar-refractivity contribution in [1.82, 2.24) is 0 Å². The van der Waals surface area contributed by atoms with Crippen molar-refractivity contribution in [3.63, 3.8) is 0 Å². The Morgan fingerprint density at radius 2 is 1.79 bits per heavy atom. The first-order valence-electron chi connectivity index (χ1n) is 8.63. The van der Waals surface area contributed by atoms with Gasteiger partial charge in [-0.2, -0.15) is 5.26 Å². The van der Waals surface area contributed by atoms with Crippen molar-refractivity contribution in [3.05, 3.63) is 58.7 Å². The zero-order valence-corrected chi connectivity index (χ0v) is 16.6. The SMILES string of the molecule is CC(C)=CCCC(C)=CCC1(c2ccc(C#N)cc2)SCCCS1. The van der Waals surface area contributed by atoms with Gasteiger partial charge in [-0.3, -0.25) is 0 Å². The highest BCUT2D eigenvalue weighted by Crippen LogP contribution is 2.53. The summed E-state index contributed by atoms with van der Waals surface area (Å²) in [6, 6.07) is 10.4. The van der Waals surface area contributed by atoms with E-state index in [2.05, 4.69) is 74.6 Å². The lowest BCUT2D eigenvalue weighted by Crippen LogP contribution is -2.22. The Labute approximate surface area is 155 Å². The molecule has 24 heavy (non-hydrogen) atoms. The molecule has 1 aromatic rings. The Kier molecular flexibility index (Phi) is 7.52. The number of allylic oxidation sites excluding steroid dienone is 4. The first-order chi connectivity index (χ1) is 11.6. The lowest BCUT2D eigenvalue weighted by atomic mass is 10.0. The third kappa shape index (κ3) is 5.46. The highest BCUT2D eigenvalue weighted by molar-refractivity contribution is 8.18. The minimum Gasteiger partial charge on any atom is -0.192 e. The van der Waals surface area contributed by atoms with Gasteiger partial charge in [-0.15, -0.1) is 23.5 Å². The van der Waals surface area contributed by atoms with Crippen molar-refractivity contribution in [2.75, 3.05) is 11.5 Å². The molecule has 1 aliphatic heterocycles. The molecule has 0 aliphatic carbocycles. The number of hydrogen-bond acceptors (Lipinski definition) is 3. The van der Waals surface area contributed by atoms with E-state index in [4.69, 9.17) is 5.26 Å². The molecular weight excluding hydrogens is 330 g/mol. The Balaban J connectivity index is 2.12. The minimum absolute atomic E-state index is 0.115. The number of nitriles is 1. The third-order valence-corrected chi connectivity index (χ3v) is 7.65. The standard InChI is InChI=1S/C21H27NS2/c1-17(2)6-4-7-18(3)12-13-21(23-14-5-15-24-21)20-10-8-19(16-22)9-11-20/h6,8-12H,4-5,7,13-15H2,1-3H3. The summed E-state index contributed by atoms with van der Waals surface area (Å²) in [6.07, 6.45) is 9.38. The number of rotatable bonds is 6. The van der Waals surface area contributed by atoms with Crippen LogP contribution in [0, 0.1) is 11.3 Å². The molecule has 0 amide bonds. The average Bonchev–Trinajstić information content (AvgIpc) is 2.60. The normalized spacial score (nSPS) is 17.2. The summed E-state index contributed by atoms with van der Waals surface area (Å²) >= 11 is 4.14. The Morgan fingerprint density at radius 1 is 1.12 bits per heavy atom. The number of benzene rings is 1. The monoisotopic (exact) mass is 357 g/mol. The van der Waals surface area contributed by atoms with Crippen LogP contribution in [-0.2, 0) is 4.08 Å². The van der Waals surface area contributed by atoms with Crippen LogP contribution in [0.25, 0.3) is 0 Å². The third-order valence-electron chi connectivity index (χ3n) is 4.22. The van der Waals surface area contributed by atoms with Crippen LogP contribution in [0.2, 0.25) is 0 Å². The zero-order valence-electron chi connectivity index (χ0n) is 15.0. The van der Waals surface area contributed by atoms with E-state index in [9.17, 15) is 0 Å². The van der Waals surface area contributed by atoms with Crippen molar-refractivity contribution in [1.29, 1.82) is 5.26 Å². The molecule has 3 heteroatoms. The van der Waals surface area contributed by atoms with Crippen molar-refractivity contribution in [2.24, 2.45) is 0 Å². The van der Waals surface area contributed by atoms with Gasteiger partial charge in [0, 0.05) is 0 Å². The van der Waals surface area contributed by atoms with Crippen molar-refractivity contribution in [2.45, 2.75) is 50.5 Å². The quantitative estimate of drug-likeness (QED) is 0.532. The van der Waals surface area contributed by atoms with Crippen molar-refractivity contribution >= 4 is 23.5 Å². The topological polar surface area (TPSA) is 23.8 Å². The maximum Gasteiger partial charge on any atom is 0.0991 e. The molecule has 0 spiro atoms. The van der Waals surface area contributed by atoms with Crippen LogP contribution in [0.5, 0.6) is 0 Å². The molecule has 0 N–H and O–H groups in total. The van der Waals surface area contributed by atoms with Crippen LogP contribution in [0.1, 0.15) is 57.6 Å². The van der Waals surface area contributed by atoms with E-state index in [0.29, 0.717) is 0 Å². The smallest absolute Gasteiger partial charge is 0.0991 e. The zero-order chi connectivity index (χ0) is 17.4. The lowest BCUT2D eigenvalue weighted by molar-refractivity contribution is 0.853. The molecular formula is C21H27NS2. The van der Waals surface area contributed by atoms with Gasteiger partial charge in [0.15, 0.2) is 0 Å². The molecule has 0 saturated carbocycles. The van der Waals surface area contributed by atoms with Crippen molar-refractivity contribution in [3.8, 4) is 6.07 Å². The van der Waals surface area contributed by atoms with Gasteiger partial charge < -0.3 is 0 Å². The van der Waals surface area contributed by atoms with E-state index in [-0.39, 0.29) is 4.08 Å². The fraction of sp³-hybridized carbons (Fsp3) is 0.476. The molecule has 0 unspecified atom stereocenters. The summed E-state index contributed by atoms with van der Waals surface area (Å²) in [4.78, 5) is 0. The second-order valence-corrected chi connectivity index (χ2v) is 9.61. The van der Waals surface area contributed by atoms with Gasteiger partial charge in [-0.1, -0.05) is 35.4 Å². The number of nitrogens with zero attached hydrogens (tertiary/aromatic N) is 1. The van der Waals surface area contributed by atoms with E-state index < -0.39 is 0 Å².